The number of ether oxygens (including phenoxy) is 4. The van der Waals surface area contributed by atoms with E-state index in [1.807, 2.05) is 0 Å². The minimum absolute atomic E-state index is 0.106. The Hall–Kier alpha value is -1.94. The second-order valence-electron chi connectivity index (χ2n) is 28.2. The Labute approximate surface area is 588 Å². The Morgan fingerprint density at radius 2 is 0.479 bits per heavy atom. The van der Waals surface area contributed by atoms with Gasteiger partial charge in [-0.3, -0.25) is 37.3 Å². The van der Waals surface area contributed by atoms with Gasteiger partial charge in [0.15, 0.2) is 12.2 Å². The highest BCUT2D eigenvalue weighted by Crippen LogP contribution is 2.45. The van der Waals surface area contributed by atoms with Crippen LogP contribution in [0.4, 0.5) is 0 Å². The maximum atomic E-state index is 13.1. The Morgan fingerprint density at radius 1 is 0.281 bits per heavy atom. The SMILES string of the molecule is CCCCCCCCCCCCCCCCCCCCCCC(=O)O[C@H](COC(=O)CCCCCCCCCCCCCCCCCCC(C)C)COP(=O)(O)OC[C@@H](O)COP(=O)(O)OC[C@@H](COC(=O)CCCCCCCCC)OC(=O)CCCCCCCCCCCC. The first-order chi connectivity index (χ1) is 46.5. The summed E-state index contributed by atoms with van der Waals surface area (Å²) in [7, 11) is -9.90. The van der Waals surface area contributed by atoms with Crippen molar-refractivity contribution in [3.8, 4) is 0 Å². The quantitative estimate of drug-likeness (QED) is 0.0222. The molecule has 570 valence electrons. The van der Waals surface area contributed by atoms with Crippen LogP contribution in [0.3, 0.4) is 0 Å². The van der Waals surface area contributed by atoms with Crippen molar-refractivity contribution in [2.24, 2.45) is 5.92 Å². The second-order valence-corrected chi connectivity index (χ2v) is 31.1. The molecule has 0 heterocycles. The zero-order chi connectivity index (χ0) is 70.5. The van der Waals surface area contributed by atoms with Gasteiger partial charge in [-0.1, -0.05) is 356 Å². The Kier molecular flexibility index (Phi) is 68.7. The predicted molar refractivity (Wildman–Crippen MR) is 391 cm³/mol. The molecule has 0 rings (SSSR count). The molecule has 0 amide bonds. The molecule has 17 nitrogen and oxygen atoms in total. The van der Waals surface area contributed by atoms with Crippen LogP contribution in [0.25, 0.3) is 0 Å². The summed E-state index contributed by atoms with van der Waals surface area (Å²) < 4.78 is 68.4. The summed E-state index contributed by atoms with van der Waals surface area (Å²) in [5, 5.41) is 10.6. The molecule has 19 heteroatoms. The van der Waals surface area contributed by atoms with Crippen molar-refractivity contribution in [2.45, 2.75) is 425 Å². The fourth-order valence-electron chi connectivity index (χ4n) is 11.9. The molecule has 0 bridgehead atoms. The summed E-state index contributed by atoms with van der Waals surface area (Å²) in [5.41, 5.74) is 0. The van der Waals surface area contributed by atoms with Crippen molar-refractivity contribution in [1.29, 1.82) is 0 Å². The molecule has 2 unspecified atom stereocenters. The number of phosphoric ester groups is 2. The maximum absolute atomic E-state index is 13.1. The van der Waals surface area contributed by atoms with E-state index < -0.39 is 97.5 Å². The van der Waals surface area contributed by atoms with E-state index in [1.165, 1.54) is 218 Å². The number of unbranched alkanes of at least 4 members (excludes halogenated alkanes) is 49. The first kappa shape index (κ1) is 94.1. The molecular weight excluding hydrogens is 1260 g/mol. The van der Waals surface area contributed by atoms with Gasteiger partial charge in [0.2, 0.25) is 0 Å². The van der Waals surface area contributed by atoms with Crippen molar-refractivity contribution in [2.75, 3.05) is 39.6 Å². The van der Waals surface area contributed by atoms with Gasteiger partial charge in [-0.2, -0.15) is 0 Å². The highest BCUT2D eigenvalue weighted by Gasteiger charge is 2.30. The zero-order valence-electron chi connectivity index (χ0n) is 62.5. The van der Waals surface area contributed by atoms with E-state index >= 15 is 0 Å². The number of carbonyl (C=O) groups excluding carboxylic acids is 4. The van der Waals surface area contributed by atoms with Crippen molar-refractivity contribution in [3.63, 3.8) is 0 Å². The molecule has 0 aromatic carbocycles. The number of aliphatic hydroxyl groups excluding tert-OH is 1. The van der Waals surface area contributed by atoms with Gasteiger partial charge in [0.05, 0.1) is 26.4 Å². The van der Waals surface area contributed by atoms with Crippen LogP contribution in [-0.4, -0.2) is 96.7 Å². The highest BCUT2D eigenvalue weighted by atomic mass is 31.2. The minimum atomic E-state index is -4.96. The predicted octanol–water partition coefficient (Wildman–Crippen LogP) is 22.9. The average Bonchev–Trinajstić information content (AvgIpc) is 1.15. The molecule has 0 radical (unpaired) electrons. The van der Waals surface area contributed by atoms with E-state index in [0.29, 0.717) is 25.7 Å². The molecular formula is C77H150O17P2. The monoisotopic (exact) mass is 1410 g/mol. The van der Waals surface area contributed by atoms with E-state index in [9.17, 15) is 43.2 Å². The molecule has 0 aromatic rings. The molecule has 96 heavy (non-hydrogen) atoms. The largest absolute Gasteiger partial charge is 0.472 e. The molecule has 0 aliphatic carbocycles. The minimum Gasteiger partial charge on any atom is -0.462 e. The van der Waals surface area contributed by atoms with Gasteiger partial charge in [-0.25, -0.2) is 9.13 Å². The smallest absolute Gasteiger partial charge is 0.462 e. The first-order valence-electron chi connectivity index (χ1n) is 40.1. The number of aliphatic hydroxyl groups is 1. The fraction of sp³-hybridized carbons (Fsp3) is 0.948. The van der Waals surface area contributed by atoms with Gasteiger partial charge in [0.25, 0.3) is 0 Å². The van der Waals surface area contributed by atoms with Gasteiger partial charge in [0.1, 0.15) is 19.3 Å². The Morgan fingerprint density at radius 3 is 0.708 bits per heavy atom. The maximum Gasteiger partial charge on any atom is 0.472 e. The number of rotatable bonds is 77. The van der Waals surface area contributed by atoms with E-state index in [4.69, 9.17) is 37.0 Å². The molecule has 0 saturated carbocycles. The second kappa shape index (κ2) is 70.1. The van der Waals surface area contributed by atoms with Crippen LogP contribution in [0.1, 0.15) is 407 Å². The van der Waals surface area contributed by atoms with Crippen LogP contribution in [0.5, 0.6) is 0 Å². The standard InChI is InChI=1S/C77H150O17P2/c1-6-9-12-15-18-20-22-23-24-25-26-27-28-33-36-39-43-48-53-58-63-77(82)94-73(67-88-75(80)61-56-51-46-42-38-35-32-30-29-31-34-37-40-45-49-54-59-70(4)5)69-92-96(85,86)90-65-71(78)64-89-95(83,84)91-68-72(66-87-74(79)60-55-50-44-17-14-11-8-3)93-76(81)62-57-52-47-41-21-19-16-13-10-7-2/h70-73,78H,6-69H2,1-5H3,(H,83,84)(H,85,86)/t71-,72+,73+/m0/s1. The highest BCUT2D eigenvalue weighted by molar-refractivity contribution is 7.47. The summed E-state index contributed by atoms with van der Waals surface area (Å²) in [6, 6.07) is 0. The van der Waals surface area contributed by atoms with Crippen LogP contribution < -0.4 is 0 Å². The summed E-state index contributed by atoms with van der Waals surface area (Å²) in [5.74, 6) is -1.31. The van der Waals surface area contributed by atoms with Crippen molar-refractivity contribution in [1.82, 2.24) is 0 Å². The van der Waals surface area contributed by atoms with Crippen LogP contribution in [0.15, 0.2) is 0 Å². The van der Waals surface area contributed by atoms with Gasteiger partial charge in [0, 0.05) is 25.7 Å². The molecule has 0 aliphatic rings. The van der Waals surface area contributed by atoms with Crippen molar-refractivity contribution in [3.05, 3.63) is 0 Å². The molecule has 0 aliphatic heterocycles. The van der Waals surface area contributed by atoms with Crippen LogP contribution in [-0.2, 0) is 65.4 Å². The third-order valence-corrected chi connectivity index (χ3v) is 19.9. The van der Waals surface area contributed by atoms with Crippen LogP contribution >= 0.6 is 15.6 Å². The van der Waals surface area contributed by atoms with E-state index in [2.05, 4.69) is 34.6 Å². The third-order valence-electron chi connectivity index (χ3n) is 18.0. The van der Waals surface area contributed by atoms with Crippen molar-refractivity contribution < 1.29 is 80.2 Å². The Balaban J connectivity index is 5.15. The summed E-state index contributed by atoms with van der Waals surface area (Å²) in [6.45, 7) is 7.28. The Bertz CT molecular complexity index is 1840. The number of phosphoric acid groups is 2. The molecule has 0 fully saturated rings. The fourth-order valence-corrected chi connectivity index (χ4v) is 13.5. The van der Waals surface area contributed by atoms with Gasteiger partial charge in [-0.15, -0.1) is 0 Å². The molecule has 0 saturated heterocycles. The molecule has 0 aromatic heterocycles. The number of esters is 4. The van der Waals surface area contributed by atoms with Gasteiger partial charge < -0.3 is 33.8 Å². The molecule has 5 atom stereocenters. The normalized spacial score (nSPS) is 13.9. The summed E-state index contributed by atoms with van der Waals surface area (Å²) >= 11 is 0. The zero-order valence-corrected chi connectivity index (χ0v) is 64.3. The third kappa shape index (κ3) is 70.5. The van der Waals surface area contributed by atoms with Crippen LogP contribution in [0.2, 0.25) is 0 Å². The summed E-state index contributed by atoms with van der Waals surface area (Å²) in [6.07, 6.45) is 59.9. The lowest BCUT2D eigenvalue weighted by atomic mass is 10.0. The van der Waals surface area contributed by atoms with Gasteiger partial charge in [-0.05, 0) is 31.6 Å². The number of carbonyl (C=O) groups is 4. The average molecular weight is 1410 g/mol. The summed E-state index contributed by atoms with van der Waals surface area (Å²) in [4.78, 5) is 72.6. The molecule has 0 spiro atoms. The van der Waals surface area contributed by atoms with Gasteiger partial charge >= 0.3 is 39.5 Å². The number of hydrogen-bond acceptors (Lipinski definition) is 15. The lowest BCUT2D eigenvalue weighted by Gasteiger charge is -2.21. The van der Waals surface area contributed by atoms with Crippen molar-refractivity contribution >= 4 is 39.5 Å². The lowest BCUT2D eigenvalue weighted by Crippen LogP contribution is -2.30. The number of hydrogen-bond donors (Lipinski definition) is 3. The first-order valence-corrected chi connectivity index (χ1v) is 43.1. The van der Waals surface area contributed by atoms with E-state index in [1.54, 1.807) is 0 Å². The lowest BCUT2D eigenvalue weighted by molar-refractivity contribution is -0.161. The van der Waals surface area contributed by atoms with E-state index in [0.717, 1.165) is 109 Å². The molecule has 3 N–H and O–H groups in total. The van der Waals surface area contributed by atoms with E-state index in [-0.39, 0.29) is 25.7 Å². The topological polar surface area (TPSA) is 237 Å². The van der Waals surface area contributed by atoms with Crippen LogP contribution in [0, 0.1) is 5.92 Å².